The Hall–Kier alpha value is -0.610. The zero-order valence-corrected chi connectivity index (χ0v) is 14.3. The fourth-order valence-electron chi connectivity index (χ4n) is 1.73. The highest BCUT2D eigenvalue weighted by Crippen LogP contribution is 2.33. The second kappa shape index (κ2) is 6.44. The first kappa shape index (κ1) is 15.8. The van der Waals surface area contributed by atoms with Crippen molar-refractivity contribution >= 4 is 56.4 Å². The van der Waals surface area contributed by atoms with E-state index in [2.05, 4.69) is 21.2 Å². The minimum Gasteiger partial charge on any atom is -0.506 e. The average Bonchev–Trinajstić information content (AvgIpc) is 2.37. The molecule has 0 heterocycles. The van der Waals surface area contributed by atoms with Gasteiger partial charge in [-0.15, -0.1) is 0 Å². The van der Waals surface area contributed by atoms with E-state index in [4.69, 9.17) is 34.8 Å². The van der Waals surface area contributed by atoms with E-state index in [0.29, 0.717) is 22.2 Å². The standard InChI is InChI=1S/C14H11BrCl3NO/c1-7-2-10(15)13(5-11(7)17)19-6-8-3-9(16)4-12(18)14(8)20/h2-5,19-20H,6H2,1H3. The molecule has 2 rings (SSSR count). The number of aromatic hydroxyl groups is 1. The fraction of sp³-hybridized carbons (Fsp3) is 0.143. The van der Waals surface area contributed by atoms with Crippen molar-refractivity contribution in [2.75, 3.05) is 5.32 Å². The molecule has 2 nitrogen and oxygen atoms in total. The highest BCUT2D eigenvalue weighted by atomic mass is 79.9. The quantitative estimate of drug-likeness (QED) is 0.664. The van der Waals surface area contributed by atoms with Crippen LogP contribution in [0.2, 0.25) is 15.1 Å². The van der Waals surface area contributed by atoms with Gasteiger partial charge in [-0.25, -0.2) is 0 Å². The molecule has 0 aromatic heterocycles. The number of halogens is 4. The Morgan fingerprint density at radius 2 is 1.80 bits per heavy atom. The van der Waals surface area contributed by atoms with Crippen molar-refractivity contribution in [3.63, 3.8) is 0 Å². The van der Waals surface area contributed by atoms with Crippen LogP contribution in [0.15, 0.2) is 28.7 Å². The number of aryl methyl sites for hydroxylation is 1. The molecule has 0 aliphatic carbocycles. The van der Waals surface area contributed by atoms with Gasteiger partial charge in [0.15, 0.2) is 0 Å². The van der Waals surface area contributed by atoms with Crippen LogP contribution >= 0.6 is 50.7 Å². The van der Waals surface area contributed by atoms with E-state index in [0.717, 1.165) is 15.7 Å². The van der Waals surface area contributed by atoms with E-state index in [1.54, 1.807) is 6.07 Å². The maximum Gasteiger partial charge on any atom is 0.139 e. The Labute approximate surface area is 140 Å². The molecule has 0 radical (unpaired) electrons. The Balaban J connectivity index is 2.23. The maximum atomic E-state index is 9.90. The normalized spacial score (nSPS) is 10.7. The largest absolute Gasteiger partial charge is 0.506 e. The Kier molecular flexibility index (Phi) is 5.08. The molecule has 106 valence electrons. The minimum atomic E-state index is 0.0258. The number of hydrogen-bond donors (Lipinski definition) is 2. The summed E-state index contributed by atoms with van der Waals surface area (Å²) in [5.74, 6) is 0.0258. The van der Waals surface area contributed by atoms with Crippen molar-refractivity contribution in [2.24, 2.45) is 0 Å². The third-order valence-corrected chi connectivity index (χ3v) is 4.39. The van der Waals surface area contributed by atoms with Crippen LogP contribution in [0.4, 0.5) is 5.69 Å². The second-order valence-electron chi connectivity index (χ2n) is 4.33. The number of phenolic OH excluding ortho intramolecular Hbond substituents is 1. The van der Waals surface area contributed by atoms with Crippen LogP contribution in [-0.2, 0) is 6.54 Å². The molecule has 0 amide bonds. The fourth-order valence-corrected chi connectivity index (χ4v) is 3.02. The van der Waals surface area contributed by atoms with E-state index in [1.807, 2.05) is 19.1 Å². The molecule has 20 heavy (non-hydrogen) atoms. The summed E-state index contributed by atoms with van der Waals surface area (Å²) in [6.07, 6.45) is 0. The summed E-state index contributed by atoms with van der Waals surface area (Å²) in [5.41, 5.74) is 2.43. The SMILES string of the molecule is Cc1cc(Br)c(NCc2cc(Cl)cc(Cl)c2O)cc1Cl. The van der Waals surface area contributed by atoms with Gasteiger partial charge in [-0.05, 0) is 52.7 Å². The Morgan fingerprint density at radius 3 is 2.50 bits per heavy atom. The van der Waals surface area contributed by atoms with Gasteiger partial charge in [-0.2, -0.15) is 0 Å². The maximum absolute atomic E-state index is 9.90. The second-order valence-corrected chi connectivity index (χ2v) is 6.44. The van der Waals surface area contributed by atoms with Crippen LogP contribution in [0.25, 0.3) is 0 Å². The van der Waals surface area contributed by atoms with Crippen LogP contribution < -0.4 is 5.32 Å². The molecular formula is C14H11BrCl3NO. The summed E-state index contributed by atoms with van der Waals surface area (Å²) in [7, 11) is 0. The molecule has 0 unspecified atom stereocenters. The van der Waals surface area contributed by atoms with Crippen molar-refractivity contribution in [3.05, 3.63) is 54.9 Å². The monoisotopic (exact) mass is 393 g/mol. The zero-order chi connectivity index (χ0) is 14.9. The van der Waals surface area contributed by atoms with E-state index in [9.17, 15) is 5.11 Å². The molecule has 0 saturated heterocycles. The van der Waals surface area contributed by atoms with Gasteiger partial charge in [0.1, 0.15) is 5.75 Å². The number of nitrogens with one attached hydrogen (secondary N) is 1. The summed E-state index contributed by atoms with van der Waals surface area (Å²) in [5, 5.41) is 14.5. The van der Waals surface area contributed by atoms with Crippen molar-refractivity contribution < 1.29 is 5.11 Å². The molecule has 2 aromatic carbocycles. The molecule has 0 spiro atoms. The average molecular weight is 396 g/mol. The van der Waals surface area contributed by atoms with Gasteiger partial charge in [0, 0.05) is 26.6 Å². The molecule has 0 aliphatic rings. The molecule has 0 aliphatic heterocycles. The predicted octanol–water partition coefficient (Wildman–Crippen LogP) is 6.04. The minimum absolute atomic E-state index is 0.0258. The summed E-state index contributed by atoms with van der Waals surface area (Å²) in [6, 6.07) is 6.92. The van der Waals surface area contributed by atoms with Gasteiger partial charge < -0.3 is 10.4 Å². The molecular weight excluding hydrogens is 384 g/mol. The summed E-state index contributed by atoms with van der Waals surface area (Å²) in [4.78, 5) is 0. The Morgan fingerprint density at radius 1 is 1.10 bits per heavy atom. The highest BCUT2D eigenvalue weighted by molar-refractivity contribution is 9.10. The lowest BCUT2D eigenvalue weighted by Gasteiger charge is -2.12. The summed E-state index contributed by atoms with van der Waals surface area (Å²) in [6.45, 7) is 2.31. The highest BCUT2D eigenvalue weighted by Gasteiger charge is 2.09. The van der Waals surface area contributed by atoms with E-state index in [1.165, 1.54) is 6.07 Å². The molecule has 0 atom stereocenters. The van der Waals surface area contributed by atoms with Crippen LogP contribution in [-0.4, -0.2) is 5.11 Å². The number of hydrogen-bond acceptors (Lipinski definition) is 2. The lowest BCUT2D eigenvalue weighted by Crippen LogP contribution is -2.01. The van der Waals surface area contributed by atoms with Crippen molar-refractivity contribution in [3.8, 4) is 5.75 Å². The smallest absolute Gasteiger partial charge is 0.139 e. The third kappa shape index (κ3) is 3.53. The number of benzene rings is 2. The number of phenols is 1. The van der Waals surface area contributed by atoms with Crippen molar-refractivity contribution in [1.82, 2.24) is 0 Å². The van der Waals surface area contributed by atoms with E-state index >= 15 is 0 Å². The van der Waals surface area contributed by atoms with Gasteiger partial charge in [-0.1, -0.05) is 34.8 Å². The van der Waals surface area contributed by atoms with Crippen LogP contribution in [0.1, 0.15) is 11.1 Å². The molecule has 6 heteroatoms. The van der Waals surface area contributed by atoms with Crippen LogP contribution in [0, 0.1) is 6.92 Å². The van der Waals surface area contributed by atoms with E-state index in [-0.39, 0.29) is 10.8 Å². The summed E-state index contributed by atoms with van der Waals surface area (Å²) < 4.78 is 0.895. The van der Waals surface area contributed by atoms with Gasteiger partial charge in [-0.3, -0.25) is 0 Å². The topological polar surface area (TPSA) is 32.3 Å². The Bertz CT molecular complexity index is 661. The number of rotatable bonds is 3. The lowest BCUT2D eigenvalue weighted by molar-refractivity contribution is 0.469. The molecule has 0 fully saturated rings. The number of anilines is 1. The summed E-state index contributed by atoms with van der Waals surface area (Å²) >= 11 is 21.4. The van der Waals surface area contributed by atoms with Gasteiger partial charge in [0.25, 0.3) is 0 Å². The van der Waals surface area contributed by atoms with Crippen molar-refractivity contribution in [1.29, 1.82) is 0 Å². The van der Waals surface area contributed by atoms with Gasteiger partial charge >= 0.3 is 0 Å². The van der Waals surface area contributed by atoms with Crippen LogP contribution in [0.3, 0.4) is 0 Å². The predicted molar refractivity (Wildman–Crippen MR) is 89.3 cm³/mol. The van der Waals surface area contributed by atoms with Crippen LogP contribution in [0.5, 0.6) is 5.75 Å². The zero-order valence-electron chi connectivity index (χ0n) is 10.5. The molecule has 2 N–H and O–H groups in total. The third-order valence-electron chi connectivity index (χ3n) is 2.82. The van der Waals surface area contributed by atoms with Gasteiger partial charge in [0.2, 0.25) is 0 Å². The lowest BCUT2D eigenvalue weighted by atomic mass is 10.2. The van der Waals surface area contributed by atoms with Gasteiger partial charge in [0.05, 0.1) is 10.7 Å². The van der Waals surface area contributed by atoms with Crippen molar-refractivity contribution in [2.45, 2.75) is 13.5 Å². The first-order valence-corrected chi connectivity index (χ1v) is 7.67. The first-order chi connectivity index (χ1) is 9.38. The molecule has 0 bridgehead atoms. The molecule has 2 aromatic rings. The molecule has 0 saturated carbocycles. The van der Waals surface area contributed by atoms with E-state index < -0.39 is 0 Å². The first-order valence-electron chi connectivity index (χ1n) is 5.75.